The highest BCUT2D eigenvalue weighted by Crippen LogP contribution is 2.43. The Balaban J connectivity index is 1.43. The molecular formula is C46H71N5O10. The van der Waals surface area contributed by atoms with Crippen LogP contribution in [0.2, 0.25) is 0 Å². The number of hydrogen-bond acceptors (Lipinski definition) is 13. The van der Waals surface area contributed by atoms with Crippen LogP contribution < -0.4 is 0 Å². The molecule has 15 nitrogen and oxygen atoms in total. The first-order valence-corrected chi connectivity index (χ1v) is 22.3. The summed E-state index contributed by atoms with van der Waals surface area (Å²) in [7, 11) is 3.49. The van der Waals surface area contributed by atoms with Crippen LogP contribution in [0, 0.1) is 23.7 Å². The molecule has 3 saturated heterocycles. The minimum atomic E-state index is -1.40. The number of likely N-dealkylation sites (N-methyl/N-ethyl adjacent to an activating group) is 1. The summed E-state index contributed by atoms with van der Waals surface area (Å²) in [6.07, 6.45) is 6.47. The topological polar surface area (TPSA) is 172 Å². The van der Waals surface area contributed by atoms with Crippen LogP contribution >= 0.6 is 0 Å². The minimum Gasteiger partial charge on any atom is -0.458 e. The largest absolute Gasteiger partial charge is 0.458 e. The number of methoxy groups -OCH3 is 1. The Bertz CT molecular complexity index is 1790. The molecule has 2 aromatic rings. The molecule has 13 atom stereocenters. The Labute approximate surface area is 362 Å². The van der Waals surface area contributed by atoms with Crippen molar-refractivity contribution in [2.45, 2.75) is 168 Å². The number of nitrogens with zero attached hydrogens (tertiary/aromatic N) is 5. The van der Waals surface area contributed by atoms with Crippen molar-refractivity contribution >= 4 is 23.6 Å². The number of cyclic esters (lactones) is 1. The Morgan fingerprint density at radius 2 is 1.72 bits per heavy atom. The van der Waals surface area contributed by atoms with E-state index < -0.39 is 83.4 Å². The highest BCUT2D eigenvalue weighted by molar-refractivity contribution is 6.00. The molecule has 3 fully saturated rings. The zero-order chi connectivity index (χ0) is 44.8. The van der Waals surface area contributed by atoms with E-state index in [2.05, 4.69) is 21.8 Å². The van der Waals surface area contributed by atoms with Gasteiger partial charge in [0, 0.05) is 68.1 Å². The summed E-state index contributed by atoms with van der Waals surface area (Å²) in [5, 5.41) is 11.7. The highest BCUT2D eigenvalue weighted by atomic mass is 16.7. The van der Waals surface area contributed by atoms with E-state index in [-0.39, 0.29) is 30.8 Å². The van der Waals surface area contributed by atoms with E-state index in [1.165, 1.54) is 14.0 Å². The molecule has 0 aromatic carbocycles. The van der Waals surface area contributed by atoms with Crippen LogP contribution in [0.1, 0.15) is 107 Å². The lowest BCUT2D eigenvalue weighted by Crippen LogP contribution is -2.60. The van der Waals surface area contributed by atoms with Crippen molar-refractivity contribution in [1.29, 1.82) is 0 Å². The van der Waals surface area contributed by atoms with Gasteiger partial charge in [0.15, 0.2) is 17.7 Å². The Kier molecular flexibility index (Phi) is 16.3. The summed E-state index contributed by atoms with van der Waals surface area (Å²) in [6, 6.07) is 2.77. The molecule has 0 aliphatic carbocycles. The Morgan fingerprint density at radius 3 is 2.38 bits per heavy atom. The number of esters is 1. The van der Waals surface area contributed by atoms with Crippen molar-refractivity contribution < 1.29 is 48.0 Å². The summed E-state index contributed by atoms with van der Waals surface area (Å²) >= 11 is 0. The molecule has 15 heteroatoms. The fourth-order valence-electron chi connectivity index (χ4n) is 9.93. The van der Waals surface area contributed by atoms with Gasteiger partial charge in [0.25, 0.3) is 0 Å². The van der Waals surface area contributed by atoms with Crippen molar-refractivity contribution in [1.82, 2.24) is 24.3 Å². The first kappa shape index (κ1) is 48.3. The number of ether oxygens (including phenoxy) is 5. The molecule has 0 unspecified atom stereocenters. The SMILES string of the molecule is CCCCN(C)[C@H]1C[C@@H](C)O[C@@H](O[C@@H]2[C@@H](C)C(=O)[C@@H](C)C(=O)O[C@H](CC)[C@@]3(C)OC(=O)N(CCCCn4cnc(-c5cccnc5)c4)[C@@H]3[C@@H](C)C(=O)[C@H](C)C[C@@]2(C)OC)[C@@H]1O. The molecule has 3 aliphatic rings. The molecular weight excluding hydrogens is 783 g/mol. The van der Waals surface area contributed by atoms with Gasteiger partial charge in [-0.3, -0.25) is 19.4 Å². The zero-order valence-corrected chi connectivity index (χ0v) is 38.2. The van der Waals surface area contributed by atoms with Crippen molar-refractivity contribution in [3.63, 3.8) is 0 Å². The van der Waals surface area contributed by atoms with Gasteiger partial charge in [0.2, 0.25) is 0 Å². The number of aliphatic hydroxyl groups excluding tert-OH is 1. The summed E-state index contributed by atoms with van der Waals surface area (Å²) in [5.74, 6) is -4.94. The second-order valence-electron chi connectivity index (χ2n) is 18.2. The molecule has 0 bridgehead atoms. The summed E-state index contributed by atoms with van der Waals surface area (Å²) < 4.78 is 33.5. The molecule has 3 aliphatic heterocycles. The van der Waals surface area contributed by atoms with Crippen molar-refractivity contribution in [3.05, 3.63) is 37.1 Å². The third-order valence-corrected chi connectivity index (χ3v) is 13.6. The van der Waals surface area contributed by atoms with Crippen LogP contribution in [0.3, 0.4) is 0 Å². The van der Waals surface area contributed by atoms with Gasteiger partial charge in [-0.25, -0.2) is 9.78 Å². The fourth-order valence-corrected chi connectivity index (χ4v) is 9.93. The van der Waals surface area contributed by atoms with E-state index in [1.54, 1.807) is 51.3 Å². The molecule has 1 N–H and O–H groups in total. The van der Waals surface area contributed by atoms with E-state index in [9.17, 15) is 24.3 Å². The number of imidazole rings is 1. The number of pyridine rings is 1. The summed E-state index contributed by atoms with van der Waals surface area (Å²) in [5.41, 5.74) is -0.942. The van der Waals surface area contributed by atoms with Gasteiger partial charge in [-0.05, 0) is 91.9 Å². The number of Topliss-reactive ketones (excluding diaryl/α,β-unsaturated/α-hetero) is 2. The fraction of sp³-hybridized carbons (Fsp3) is 0.739. The molecule has 2 aromatic heterocycles. The average molecular weight is 854 g/mol. The van der Waals surface area contributed by atoms with Crippen LogP contribution in [-0.4, -0.2) is 134 Å². The quantitative estimate of drug-likeness (QED) is 0.132. The molecule has 0 radical (unpaired) electrons. The Hall–Kier alpha value is -3.76. The molecule has 5 heterocycles. The van der Waals surface area contributed by atoms with Crippen LogP contribution in [0.25, 0.3) is 11.3 Å². The van der Waals surface area contributed by atoms with Gasteiger partial charge in [0.05, 0.1) is 35.9 Å². The highest BCUT2D eigenvalue weighted by Gasteiger charge is 2.60. The molecule has 0 spiro atoms. The number of aliphatic hydroxyl groups is 1. The lowest BCUT2D eigenvalue weighted by atomic mass is 9.73. The van der Waals surface area contributed by atoms with E-state index in [0.29, 0.717) is 32.4 Å². The number of rotatable bonds is 14. The Morgan fingerprint density at radius 1 is 1.00 bits per heavy atom. The number of carbonyl (C=O) groups excluding carboxylic acids is 4. The molecule has 1 amide bonds. The van der Waals surface area contributed by atoms with E-state index in [4.69, 9.17) is 23.7 Å². The van der Waals surface area contributed by atoms with Crippen molar-refractivity contribution in [2.75, 3.05) is 27.2 Å². The normalized spacial score (nSPS) is 35.5. The van der Waals surface area contributed by atoms with E-state index in [0.717, 1.165) is 30.6 Å². The first-order chi connectivity index (χ1) is 28.9. The predicted octanol–water partition coefficient (Wildman–Crippen LogP) is 6.10. The van der Waals surface area contributed by atoms with Crippen LogP contribution in [0.15, 0.2) is 37.1 Å². The first-order valence-electron chi connectivity index (χ1n) is 22.3. The maximum absolute atomic E-state index is 14.8. The number of aromatic nitrogens is 3. The van der Waals surface area contributed by atoms with Gasteiger partial charge in [0.1, 0.15) is 23.9 Å². The van der Waals surface area contributed by atoms with Gasteiger partial charge in [-0.15, -0.1) is 0 Å². The predicted molar refractivity (Wildman–Crippen MR) is 228 cm³/mol. The number of unbranched alkanes of at least 4 members (excludes halogenated alkanes) is 2. The smallest absolute Gasteiger partial charge is 0.410 e. The molecule has 5 rings (SSSR count). The number of amides is 1. The van der Waals surface area contributed by atoms with Crippen molar-refractivity contribution in [2.24, 2.45) is 23.7 Å². The third-order valence-electron chi connectivity index (χ3n) is 13.6. The maximum atomic E-state index is 14.8. The zero-order valence-electron chi connectivity index (χ0n) is 38.2. The third kappa shape index (κ3) is 10.5. The van der Waals surface area contributed by atoms with E-state index >= 15 is 0 Å². The maximum Gasteiger partial charge on any atom is 0.410 e. The van der Waals surface area contributed by atoms with Gasteiger partial charge < -0.3 is 43.2 Å². The van der Waals surface area contributed by atoms with Crippen LogP contribution in [0.5, 0.6) is 0 Å². The number of hydrogen-bond donors (Lipinski definition) is 1. The molecule has 340 valence electrons. The number of aryl methyl sites for hydroxylation is 1. The van der Waals surface area contributed by atoms with E-state index in [1.807, 2.05) is 50.7 Å². The summed E-state index contributed by atoms with van der Waals surface area (Å²) in [6.45, 7) is 17.9. The number of ketones is 2. The van der Waals surface area contributed by atoms with Gasteiger partial charge in [-0.2, -0.15) is 0 Å². The second-order valence-corrected chi connectivity index (χ2v) is 18.2. The number of fused-ring (bicyclic) bond motifs is 1. The van der Waals surface area contributed by atoms with Gasteiger partial charge >= 0.3 is 12.1 Å². The lowest BCUT2D eigenvalue weighted by molar-refractivity contribution is -0.296. The molecule has 61 heavy (non-hydrogen) atoms. The van der Waals surface area contributed by atoms with Crippen molar-refractivity contribution in [3.8, 4) is 11.3 Å². The van der Waals surface area contributed by atoms with Crippen LogP contribution in [0.4, 0.5) is 4.79 Å². The second kappa shape index (κ2) is 20.6. The van der Waals surface area contributed by atoms with Crippen LogP contribution in [-0.2, 0) is 44.6 Å². The monoisotopic (exact) mass is 854 g/mol. The minimum absolute atomic E-state index is 0.132. The molecule has 0 saturated carbocycles. The summed E-state index contributed by atoms with van der Waals surface area (Å²) in [4.78, 5) is 69.6. The standard InChI is InChI=1S/C46H71N5O10/c1-12-14-20-49(10)35-23-29(4)58-43(39(35)54)60-41-31(6)38(53)32(7)42(55)59-36(13-2)46(9)40(30(5)37(52)28(3)24-45(41,8)57-11)51(44(56)61-46)22-16-15-21-50-26-34(48-27-50)33-18-17-19-47-25-33/h17-19,25-32,35-36,39-41,43,54H,12-16,20-24H2,1-11H3/t28-,29-,30+,31+,32-,35+,36-,39-,40-,41-,43+,45-,46-/m1/s1. The lowest BCUT2D eigenvalue weighted by Gasteiger charge is -2.47. The number of carbonyl (C=O) groups is 4. The average Bonchev–Trinajstić information content (AvgIpc) is 3.83. The van der Waals surface area contributed by atoms with Gasteiger partial charge in [-0.1, -0.05) is 41.0 Å².